The summed E-state index contributed by atoms with van der Waals surface area (Å²) in [5, 5.41) is 11.4. The van der Waals surface area contributed by atoms with Crippen LogP contribution in [-0.4, -0.2) is 113 Å². The maximum atomic E-state index is 14.2. The number of hydrogen-bond donors (Lipinski definition) is 1. The fourth-order valence-electron chi connectivity index (χ4n) is 7.16. The van der Waals surface area contributed by atoms with Gasteiger partial charge in [0, 0.05) is 63.8 Å². The summed E-state index contributed by atoms with van der Waals surface area (Å²) in [6, 6.07) is 3.92. The first-order valence-corrected chi connectivity index (χ1v) is 16.2. The van der Waals surface area contributed by atoms with E-state index in [0.717, 1.165) is 84.6 Å². The van der Waals surface area contributed by atoms with Gasteiger partial charge in [-0.3, -0.25) is 9.59 Å². The lowest BCUT2D eigenvalue weighted by molar-refractivity contribution is -0.138. The van der Waals surface area contributed by atoms with Crippen molar-refractivity contribution in [3.05, 3.63) is 35.9 Å². The molecule has 0 atom stereocenters. The first-order chi connectivity index (χ1) is 21.2. The second-order valence-corrected chi connectivity index (χ2v) is 13.3. The summed E-state index contributed by atoms with van der Waals surface area (Å²) in [5.74, 6) is 1.43. The summed E-state index contributed by atoms with van der Waals surface area (Å²) in [6.45, 7) is 14.7. The molecule has 0 bridgehead atoms. The van der Waals surface area contributed by atoms with Crippen LogP contribution in [0.1, 0.15) is 56.8 Å². The van der Waals surface area contributed by atoms with Crippen molar-refractivity contribution in [2.45, 2.75) is 52.5 Å². The van der Waals surface area contributed by atoms with Crippen molar-refractivity contribution in [2.75, 3.05) is 70.3 Å². The number of anilines is 1. The van der Waals surface area contributed by atoms with E-state index < -0.39 is 5.82 Å². The molecular formula is C32H45FN8O3. The molecule has 44 heavy (non-hydrogen) atoms. The first kappa shape index (κ1) is 30.6. The second kappa shape index (κ2) is 12.9. The molecule has 4 saturated heterocycles. The van der Waals surface area contributed by atoms with Gasteiger partial charge in [0.1, 0.15) is 17.9 Å². The molecule has 0 radical (unpaired) electrons. The Hall–Kier alpha value is -3.38. The molecule has 5 heterocycles. The van der Waals surface area contributed by atoms with Crippen LogP contribution in [0.4, 0.5) is 10.2 Å². The van der Waals surface area contributed by atoms with Crippen molar-refractivity contribution >= 4 is 17.6 Å². The number of halogens is 1. The Morgan fingerprint density at radius 3 is 2.50 bits per heavy atom. The Labute approximate surface area is 259 Å². The minimum Gasteiger partial charge on any atom is -0.434 e. The zero-order valence-corrected chi connectivity index (χ0v) is 26.2. The number of amides is 2. The smallest absolute Gasteiger partial charge is 0.282 e. The summed E-state index contributed by atoms with van der Waals surface area (Å²) in [6.07, 6.45) is 5.86. The molecule has 4 aliphatic rings. The van der Waals surface area contributed by atoms with Gasteiger partial charge in [-0.1, -0.05) is 0 Å². The normalized spacial score (nSPS) is 20.8. The summed E-state index contributed by atoms with van der Waals surface area (Å²) in [7, 11) is 0. The van der Waals surface area contributed by atoms with Gasteiger partial charge >= 0.3 is 0 Å². The van der Waals surface area contributed by atoms with Crippen LogP contribution in [0.2, 0.25) is 0 Å². The fourth-order valence-corrected chi connectivity index (χ4v) is 7.16. The van der Waals surface area contributed by atoms with E-state index in [4.69, 9.17) is 4.74 Å². The Morgan fingerprint density at radius 1 is 1.14 bits per heavy atom. The molecule has 1 aromatic carbocycles. The monoisotopic (exact) mass is 608 g/mol. The molecule has 12 heteroatoms. The van der Waals surface area contributed by atoms with E-state index in [0.29, 0.717) is 24.2 Å². The summed E-state index contributed by atoms with van der Waals surface area (Å²) in [4.78, 5) is 38.9. The van der Waals surface area contributed by atoms with Crippen LogP contribution in [0.15, 0.2) is 24.5 Å². The number of nitrogens with zero attached hydrogens (tertiary/aromatic N) is 7. The van der Waals surface area contributed by atoms with Crippen LogP contribution in [0.25, 0.3) is 0 Å². The van der Waals surface area contributed by atoms with Gasteiger partial charge in [-0.15, -0.1) is 10.2 Å². The van der Waals surface area contributed by atoms with E-state index in [1.165, 1.54) is 24.5 Å². The van der Waals surface area contributed by atoms with Gasteiger partial charge in [0.25, 0.3) is 11.8 Å². The van der Waals surface area contributed by atoms with Crippen molar-refractivity contribution in [1.29, 1.82) is 0 Å². The molecule has 1 spiro atoms. The molecular weight excluding hydrogens is 563 g/mol. The molecule has 2 amide bonds. The van der Waals surface area contributed by atoms with E-state index in [1.54, 1.807) is 4.90 Å². The standard InChI is InChI=1S/C32H45FN8O3/c1-4-41(22(2)3)31(43)26-15-25(33)5-6-27(26)44-29-28(35-21-36-37-29)40-19-32(20-40)9-13-38(14-10-32)18-23-7-11-39(12-8-23)30(42)24-16-34-17-24/h5-6,15,21-24,34H,4,7-14,16-20H2,1-3H3. The number of ether oxygens (including phenoxy) is 1. The zero-order chi connectivity index (χ0) is 30.8. The summed E-state index contributed by atoms with van der Waals surface area (Å²) < 4.78 is 20.4. The van der Waals surface area contributed by atoms with Crippen molar-refractivity contribution in [1.82, 2.24) is 35.2 Å². The Balaban J connectivity index is 1.03. The topological polar surface area (TPSA) is 107 Å². The number of piperidine rings is 2. The fraction of sp³-hybridized carbons (Fsp3) is 0.656. The highest BCUT2D eigenvalue weighted by molar-refractivity contribution is 5.97. The first-order valence-electron chi connectivity index (χ1n) is 16.2. The third kappa shape index (κ3) is 6.37. The minimum atomic E-state index is -0.503. The van der Waals surface area contributed by atoms with Gasteiger partial charge in [0.05, 0.1) is 11.5 Å². The maximum Gasteiger partial charge on any atom is 0.282 e. The number of carbonyl (C=O) groups is 2. The van der Waals surface area contributed by atoms with Crippen molar-refractivity contribution in [3.8, 4) is 11.6 Å². The number of likely N-dealkylation sites (tertiary alicyclic amines) is 2. The largest absolute Gasteiger partial charge is 0.434 e. The minimum absolute atomic E-state index is 0.0423. The van der Waals surface area contributed by atoms with Gasteiger partial charge in [-0.05, 0) is 83.7 Å². The lowest BCUT2D eigenvalue weighted by Crippen LogP contribution is -2.61. The molecule has 0 aliphatic carbocycles. The highest BCUT2D eigenvalue weighted by atomic mass is 19.1. The molecule has 6 rings (SSSR count). The van der Waals surface area contributed by atoms with Gasteiger partial charge < -0.3 is 29.7 Å². The second-order valence-electron chi connectivity index (χ2n) is 13.3. The lowest BCUT2D eigenvalue weighted by atomic mass is 9.72. The van der Waals surface area contributed by atoms with Crippen LogP contribution in [0.3, 0.4) is 0 Å². The van der Waals surface area contributed by atoms with Crippen LogP contribution in [-0.2, 0) is 4.79 Å². The van der Waals surface area contributed by atoms with E-state index in [9.17, 15) is 14.0 Å². The Bertz CT molecular complexity index is 1330. The average Bonchev–Trinajstić information content (AvgIpc) is 2.97. The Morgan fingerprint density at radius 2 is 1.86 bits per heavy atom. The highest BCUT2D eigenvalue weighted by Crippen LogP contribution is 2.44. The molecule has 238 valence electrons. The number of rotatable bonds is 9. The number of hydrogen-bond acceptors (Lipinski definition) is 9. The third-order valence-corrected chi connectivity index (χ3v) is 10.0. The van der Waals surface area contributed by atoms with Crippen molar-refractivity contribution in [2.24, 2.45) is 17.3 Å². The van der Waals surface area contributed by atoms with Crippen molar-refractivity contribution < 1.29 is 18.7 Å². The molecule has 2 aromatic rings. The van der Waals surface area contributed by atoms with E-state index in [2.05, 4.69) is 35.2 Å². The number of nitrogens with one attached hydrogen (secondary N) is 1. The van der Waals surface area contributed by atoms with Crippen LogP contribution in [0.5, 0.6) is 11.6 Å². The van der Waals surface area contributed by atoms with Crippen LogP contribution < -0.4 is 15.0 Å². The maximum absolute atomic E-state index is 14.2. The molecule has 1 aromatic heterocycles. The van der Waals surface area contributed by atoms with E-state index in [-0.39, 0.29) is 40.5 Å². The highest BCUT2D eigenvalue weighted by Gasteiger charge is 2.46. The molecule has 0 saturated carbocycles. The lowest BCUT2D eigenvalue weighted by Gasteiger charge is -2.54. The van der Waals surface area contributed by atoms with Crippen LogP contribution >= 0.6 is 0 Å². The van der Waals surface area contributed by atoms with Gasteiger partial charge in [-0.25, -0.2) is 9.37 Å². The zero-order valence-electron chi connectivity index (χ0n) is 26.2. The van der Waals surface area contributed by atoms with Crippen molar-refractivity contribution in [3.63, 3.8) is 0 Å². The summed E-state index contributed by atoms with van der Waals surface area (Å²) >= 11 is 0. The molecule has 4 aliphatic heterocycles. The number of aromatic nitrogens is 3. The number of benzene rings is 1. The van der Waals surface area contributed by atoms with Gasteiger partial charge in [0.2, 0.25) is 5.91 Å². The van der Waals surface area contributed by atoms with Crippen LogP contribution in [0, 0.1) is 23.1 Å². The quantitative estimate of drug-likeness (QED) is 0.460. The molecule has 0 unspecified atom stereocenters. The Kier molecular flexibility index (Phi) is 9.00. The third-order valence-electron chi connectivity index (χ3n) is 10.0. The van der Waals surface area contributed by atoms with E-state index in [1.807, 2.05) is 20.8 Å². The average molecular weight is 609 g/mol. The summed E-state index contributed by atoms with van der Waals surface area (Å²) in [5.41, 5.74) is 0.388. The van der Waals surface area contributed by atoms with Gasteiger partial charge in [0.15, 0.2) is 5.82 Å². The molecule has 4 fully saturated rings. The predicted octanol–water partition coefficient (Wildman–Crippen LogP) is 3.03. The van der Waals surface area contributed by atoms with E-state index >= 15 is 0 Å². The predicted molar refractivity (Wildman–Crippen MR) is 164 cm³/mol. The molecule has 11 nitrogen and oxygen atoms in total. The number of carbonyl (C=O) groups excluding carboxylic acids is 2. The van der Waals surface area contributed by atoms with Gasteiger partial charge in [-0.2, -0.15) is 0 Å². The molecule has 1 N–H and O–H groups in total. The SMILES string of the molecule is CCN(C(=O)c1cc(F)ccc1Oc1nncnc1N1CC2(CCN(CC3CCN(C(=O)C4CNC4)CC3)CC2)C1)C(C)C.